The maximum absolute atomic E-state index is 11.3. The summed E-state index contributed by atoms with van der Waals surface area (Å²) in [6.07, 6.45) is 4.04. The summed E-state index contributed by atoms with van der Waals surface area (Å²) in [6.45, 7) is 7.01. The van der Waals surface area contributed by atoms with Gasteiger partial charge >= 0.3 is 5.97 Å². The number of carboxylic acids is 1. The molecule has 0 unspecified atom stereocenters. The largest absolute Gasteiger partial charge is 0.476 e. The average Bonchev–Trinajstić information content (AvgIpc) is 2.83. The zero-order valence-corrected chi connectivity index (χ0v) is 12.3. The lowest BCUT2D eigenvalue weighted by Crippen LogP contribution is -2.28. The first-order chi connectivity index (χ1) is 9.59. The number of carboxylic acid groups (broad SMARTS) is 1. The summed E-state index contributed by atoms with van der Waals surface area (Å²) in [7, 11) is 0. The third-order valence-electron chi connectivity index (χ3n) is 3.85. The standard InChI is InChI=1S/C14H24N4O2/c1-10(2)4-3-9-18-13(11-5-7-15-8-6-11)12(14(19)20)16-17-18/h10-11,15H,3-9H2,1-2H3,(H,19,20). The van der Waals surface area contributed by atoms with Crippen LogP contribution >= 0.6 is 0 Å². The molecule has 112 valence electrons. The van der Waals surface area contributed by atoms with E-state index in [1.807, 2.05) is 4.68 Å². The quantitative estimate of drug-likeness (QED) is 0.831. The minimum absolute atomic E-state index is 0.140. The first-order valence-corrected chi connectivity index (χ1v) is 7.47. The SMILES string of the molecule is CC(C)CCCn1nnc(C(=O)O)c1C1CCNCC1. The van der Waals surface area contributed by atoms with Gasteiger partial charge in [0.05, 0.1) is 5.69 Å². The fourth-order valence-corrected chi connectivity index (χ4v) is 2.79. The Labute approximate surface area is 119 Å². The predicted molar refractivity (Wildman–Crippen MR) is 75.9 cm³/mol. The fourth-order valence-electron chi connectivity index (χ4n) is 2.79. The number of aromatic carboxylic acids is 1. The molecule has 6 nitrogen and oxygen atoms in total. The smallest absolute Gasteiger partial charge is 0.358 e. The molecule has 2 N–H and O–H groups in total. The summed E-state index contributed by atoms with van der Waals surface area (Å²) in [5.41, 5.74) is 0.962. The van der Waals surface area contributed by atoms with E-state index in [9.17, 15) is 9.90 Å². The summed E-state index contributed by atoms with van der Waals surface area (Å²) >= 11 is 0. The van der Waals surface area contributed by atoms with E-state index in [2.05, 4.69) is 29.5 Å². The molecule has 1 saturated heterocycles. The number of hydrogen-bond acceptors (Lipinski definition) is 4. The lowest BCUT2D eigenvalue weighted by atomic mass is 9.93. The van der Waals surface area contributed by atoms with Crippen molar-refractivity contribution in [3.63, 3.8) is 0 Å². The second kappa shape index (κ2) is 6.83. The number of aromatic nitrogens is 3. The molecule has 2 rings (SSSR count). The van der Waals surface area contributed by atoms with Crippen LogP contribution in [0.4, 0.5) is 0 Å². The van der Waals surface area contributed by atoms with E-state index >= 15 is 0 Å². The Hall–Kier alpha value is -1.43. The molecule has 1 aromatic rings. The molecule has 1 aliphatic heterocycles. The van der Waals surface area contributed by atoms with Crippen LogP contribution in [0.5, 0.6) is 0 Å². The normalized spacial score (nSPS) is 16.8. The van der Waals surface area contributed by atoms with Crippen molar-refractivity contribution in [2.75, 3.05) is 13.1 Å². The van der Waals surface area contributed by atoms with Crippen molar-refractivity contribution in [3.8, 4) is 0 Å². The number of rotatable bonds is 6. The number of hydrogen-bond donors (Lipinski definition) is 2. The van der Waals surface area contributed by atoms with Gasteiger partial charge in [-0.1, -0.05) is 19.1 Å². The molecule has 0 bridgehead atoms. The maximum Gasteiger partial charge on any atom is 0.358 e. The molecule has 0 radical (unpaired) electrons. The third kappa shape index (κ3) is 3.56. The number of carbonyl (C=O) groups is 1. The van der Waals surface area contributed by atoms with Crippen molar-refractivity contribution in [3.05, 3.63) is 11.4 Å². The van der Waals surface area contributed by atoms with Crippen molar-refractivity contribution < 1.29 is 9.90 Å². The highest BCUT2D eigenvalue weighted by Crippen LogP contribution is 2.27. The maximum atomic E-state index is 11.3. The summed E-state index contributed by atoms with van der Waals surface area (Å²) in [5.74, 6) is -0.0511. The molecule has 20 heavy (non-hydrogen) atoms. The summed E-state index contributed by atoms with van der Waals surface area (Å²) < 4.78 is 1.82. The minimum atomic E-state index is -0.964. The molecule has 0 aliphatic carbocycles. The molecule has 0 atom stereocenters. The summed E-state index contributed by atoms with van der Waals surface area (Å²) in [6, 6.07) is 0. The molecule has 1 aliphatic rings. The molecular weight excluding hydrogens is 256 g/mol. The predicted octanol–water partition coefficient (Wildman–Crippen LogP) is 1.88. The monoisotopic (exact) mass is 280 g/mol. The zero-order chi connectivity index (χ0) is 14.5. The molecule has 0 saturated carbocycles. The van der Waals surface area contributed by atoms with Gasteiger partial charge in [0.25, 0.3) is 0 Å². The van der Waals surface area contributed by atoms with Gasteiger partial charge in [0.2, 0.25) is 0 Å². The Bertz CT molecular complexity index is 450. The number of nitrogens with zero attached hydrogens (tertiary/aromatic N) is 3. The van der Waals surface area contributed by atoms with E-state index in [0.717, 1.165) is 51.0 Å². The zero-order valence-electron chi connectivity index (χ0n) is 12.3. The lowest BCUT2D eigenvalue weighted by Gasteiger charge is -2.23. The van der Waals surface area contributed by atoms with Gasteiger partial charge in [-0.05, 0) is 44.7 Å². The lowest BCUT2D eigenvalue weighted by molar-refractivity contribution is 0.0688. The van der Waals surface area contributed by atoms with Gasteiger partial charge in [-0.3, -0.25) is 0 Å². The van der Waals surface area contributed by atoms with E-state index in [0.29, 0.717) is 5.92 Å². The van der Waals surface area contributed by atoms with Gasteiger partial charge < -0.3 is 10.4 Å². The number of piperidine rings is 1. The van der Waals surface area contributed by atoms with Crippen molar-refractivity contribution in [1.29, 1.82) is 0 Å². The average molecular weight is 280 g/mol. The van der Waals surface area contributed by atoms with Crippen LogP contribution in [0.1, 0.15) is 61.6 Å². The van der Waals surface area contributed by atoms with Crippen LogP contribution in [0.15, 0.2) is 0 Å². The third-order valence-corrected chi connectivity index (χ3v) is 3.85. The highest BCUT2D eigenvalue weighted by atomic mass is 16.4. The Balaban J connectivity index is 2.15. The van der Waals surface area contributed by atoms with Gasteiger partial charge in [0, 0.05) is 12.5 Å². The molecule has 0 amide bonds. The molecule has 0 spiro atoms. The van der Waals surface area contributed by atoms with Gasteiger partial charge in [0.1, 0.15) is 0 Å². The van der Waals surface area contributed by atoms with Crippen LogP contribution < -0.4 is 5.32 Å². The Kier molecular flexibility index (Phi) is 5.11. The van der Waals surface area contributed by atoms with Crippen molar-refractivity contribution in [2.24, 2.45) is 5.92 Å². The highest BCUT2D eigenvalue weighted by Gasteiger charge is 2.27. The summed E-state index contributed by atoms with van der Waals surface area (Å²) in [5, 5.41) is 20.6. The van der Waals surface area contributed by atoms with Gasteiger partial charge in [-0.25, -0.2) is 9.48 Å². The molecule has 1 fully saturated rings. The van der Waals surface area contributed by atoms with Crippen molar-refractivity contribution in [1.82, 2.24) is 20.3 Å². The van der Waals surface area contributed by atoms with Gasteiger partial charge in [-0.2, -0.15) is 0 Å². The van der Waals surface area contributed by atoms with Crippen LogP contribution in [0, 0.1) is 5.92 Å². The van der Waals surface area contributed by atoms with E-state index in [1.54, 1.807) is 0 Å². The second-order valence-corrected chi connectivity index (χ2v) is 5.91. The first-order valence-electron chi connectivity index (χ1n) is 7.47. The molecule has 6 heteroatoms. The topological polar surface area (TPSA) is 80.0 Å². The van der Waals surface area contributed by atoms with Crippen LogP contribution in [-0.2, 0) is 6.54 Å². The highest BCUT2D eigenvalue weighted by molar-refractivity contribution is 5.86. The molecule has 2 heterocycles. The van der Waals surface area contributed by atoms with Crippen LogP contribution in [0.2, 0.25) is 0 Å². The van der Waals surface area contributed by atoms with Crippen LogP contribution in [0.3, 0.4) is 0 Å². The number of aryl methyl sites for hydroxylation is 1. The second-order valence-electron chi connectivity index (χ2n) is 5.91. The summed E-state index contributed by atoms with van der Waals surface area (Å²) in [4.78, 5) is 11.3. The van der Waals surface area contributed by atoms with Gasteiger partial charge in [-0.15, -0.1) is 5.10 Å². The van der Waals surface area contributed by atoms with Gasteiger partial charge in [0.15, 0.2) is 5.69 Å². The molecule has 1 aromatic heterocycles. The van der Waals surface area contributed by atoms with Crippen LogP contribution in [-0.4, -0.2) is 39.2 Å². The van der Waals surface area contributed by atoms with Crippen LogP contribution in [0.25, 0.3) is 0 Å². The molecular formula is C14H24N4O2. The van der Waals surface area contributed by atoms with E-state index in [4.69, 9.17) is 0 Å². The minimum Gasteiger partial charge on any atom is -0.476 e. The first kappa shape index (κ1) is 15.0. The van der Waals surface area contributed by atoms with E-state index in [1.165, 1.54) is 0 Å². The Morgan fingerprint density at radius 3 is 2.75 bits per heavy atom. The van der Waals surface area contributed by atoms with Crippen molar-refractivity contribution >= 4 is 5.97 Å². The van der Waals surface area contributed by atoms with E-state index < -0.39 is 5.97 Å². The Morgan fingerprint density at radius 1 is 1.45 bits per heavy atom. The van der Waals surface area contributed by atoms with Crippen molar-refractivity contribution in [2.45, 2.75) is 52.0 Å². The number of nitrogens with one attached hydrogen (secondary N) is 1. The Morgan fingerprint density at radius 2 is 2.15 bits per heavy atom. The van der Waals surface area contributed by atoms with E-state index in [-0.39, 0.29) is 11.6 Å². The molecule has 0 aromatic carbocycles. The fraction of sp³-hybridized carbons (Fsp3) is 0.786.